The standard InChI is InChI=1S/C45H76N2O15/c1-15-33-45(10,53)38(49)26(4)35(46-57-23-56-32-19-17-16-18-31(32)54-13)24(2)21-43(8,52)40(62-42-36(48)30(47(11)12)20-25(3)58-42)27(5)37(28(6)41(51)60-33)61-34-22-44(9,55-14)39(50)29(7)59-34/h16-19,24-30,33-34,36-40,42,48-50,52-53H,15,20-23H2,1-14H3/b46-35+/t24-,25-,26+,27+,28-,29-,30+,33-,34+,36+,37?,38-,39+,40?,42+,43-,44+,45-/m1/s1. The molecule has 17 nitrogen and oxygen atoms in total. The molecule has 0 spiro atoms. The average molecular weight is 885 g/mol. The van der Waals surface area contributed by atoms with Crippen LogP contribution in [0.25, 0.3) is 0 Å². The van der Waals surface area contributed by atoms with E-state index in [1.165, 1.54) is 21.1 Å². The number of ether oxygens (including phenoxy) is 8. The first-order valence-corrected chi connectivity index (χ1v) is 21.9. The monoisotopic (exact) mass is 885 g/mol. The third-order valence-corrected chi connectivity index (χ3v) is 13.4. The number of hydrogen-bond acceptors (Lipinski definition) is 17. The van der Waals surface area contributed by atoms with Crippen molar-refractivity contribution in [2.45, 2.75) is 179 Å². The number of esters is 1. The third kappa shape index (κ3) is 11.8. The first-order chi connectivity index (χ1) is 28.9. The number of oxime groups is 1. The van der Waals surface area contributed by atoms with Crippen molar-refractivity contribution in [1.82, 2.24) is 4.90 Å². The van der Waals surface area contributed by atoms with Crippen LogP contribution in [0.15, 0.2) is 29.4 Å². The number of benzene rings is 1. The van der Waals surface area contributed by atoms with Crippen LogP contribution in [0.1, 0.15) is 94.9 Å². The van der Waals surface area contributed by atoms with Crippen molar-refractivity contribution in [2.75, 3.05) is 35.1 Å². The normalized spacial score (nSPS) is 43.5. The Balaban J connectivity index is 1.85. The van der Waals surface area contributed by atoms with Crippen molar-refractivity contribution >= 4 is 11.7 Å². The first-order valence-electron chi connectivity index (χ1n) is 21.9. The molecule has 356 valence electrons. The van der Waals surface area contributed by atoms with E-state index in [1.807, 2.05) is 32.8 Å². The summed E-state index contributed by atoms with van der Waals surface area (Å²) in [4.78, 5) is 22.0. The molecule has 1 aromatic rings. The predicted octanol–water partition coefficient (Wildman–Crippen LogP) is 3.63. The number of methoxy groups -OCH3 is 2. The van der Waals surface area contributed by atoms with Gasteiger partial charge < -0.3 is 73.2 Å². The molecule has 62 heavy (non-hydrogen) atoms. The minimum absolute atomic E-state index is 0.0557. The molecule has 2 unspecified atom stereocenters. The number of cyclic esters (lactones) is 1. The van der Waals surface area contributed by atoms with E-state index in [4.69, 9.17) is 42.7 Å². The van der Waals surface area contributed by atoms with Gasteiger partial charge in [-0.25, -0.2) is 0 Å². The lowest BCUT2D eigenvalue weighted by Crippen LogP contribution is -2.61. The number of hydrogen-bond donors (Lipinski definition) is 5. The molecule has 0 aliphatic carbocycles. The minimum atomic E-state index is -2.00. The van der Waals surface area contributed by atoms with Crippen LogP contribution in [0.5, 0.6) is 11.5 Å². The third-order valence-electron chi connectivity index (χ3n) is 13.4. The molecular weight excluding hydrogens is 808 g/mol. The fourth-order valence-corrected chi connectivity index (χ4v) is 9.52. The van der Waals surface area contributed by atoms with Gasteiger partial charge in [-0.3, -0.25) is 4.79 Å². The van der Waals surface area contributed by atoms with Gasteiger partial charge in [0.2, 0.25) is 0 Å². The van der Waals surface area contributed by atoms with Crippen LogP contribution in [0.2, 0.25) is 0 Å². The largest absolute Gasteiger partial charge is 0.493 e. The van der Waals surface area contributed by atoms with Crippen LogP contribution in [0.3, 0.4) is 0 Å². The summed E-state index contributed by atoms with van der Waals surface area (Å²) in [6.07, 6.45) is -9.71. The van der Waals surface area contributed by atoms with Gasteiger partial charge in [0.15, 0.2) is 24.1 Å². The molecule has 0 radical (unpaired) electrons. The van der Waals surface area contributed by atoms with E-state index < -0.39 is 102 Å². The Hall–Kier alpha value is -2.68. The van der Waals surface area contributed by atoms with Crippen LogP contribution in [0.4, 0.5) is 0 Å². The van der Waals surface area contributed by atoms with Gasteiger partial charge >= 0.3 is 5.97 Å². The summed E-state index contributed by atoms with van der Waals surface area (Å²) in [5.41, 5.74) is -4.59. The van der Waals surface area contributed by atoms with Gasteiger partial charge in [0.05, 0.1) is 60.5 Å². The van der Waals surface area contributed by atoms with Gasteiger partial charge in [0, 0.05) is 37.3 Å². The molecule has 0 aromatic heterocycles. The molecule has 0 amide bonds. The van der Waals surface area contributed by atoms with Crippen molar-refractivity contribution in [3.8, 4) is 11.5 Å². The molecule has 4 rings (SSSR count). The number of rotatable bonds is 12. The van der Waals surface area contributed by atoms with Gasteiger partial charge in [0.25, 0.3) is 6.79 Å². The summed E-state index contributed by atoms with van der Waals surface area (Å²) in [6, 6.07) is 6.68. The van der Waals surface area contributed by atoms with E-state index in [1.54, 1.807) is 72.7 Å². The SMILES string of the molecule is CC[C@H]1OC(=O)[C@H](C)C(O[C@H]2C[C@](C)(OC)[C@@H](O)[C@@H](C)O2)[C@H](C)C(O[C@@H]2O[C@H](C)C[C@H](N(C)C)[C@@H]2O)[C@](C)(O)C[C@@H](C)/C(=N\OCOc2ccccc2OC)[C@H](C)[C@@H](O)[C@]1(C)O. The van der Waals surface area contributed by atoms with Crippen LogP contribution in [-0.4, -0.2) is 161 Å². The molecule has 0 bridgehead atoms. The van der Waals surface area contributed by atoms with Crippen molar-refractivity contribution in [2.24, 2.45) is 28.8 Å². The van der Waals surface area contributed by atoms with Crippen molar-refractivity contribution in [3.05, 3.63) is 24.3 Å². The highest BCUT2D eigenvalue weighted by Crippen LogP contribution is 2.41. The van der Waals surface area contributed by atoms with Crippen LogP contribution in [-0.2, 0) is 38.1 Å². The maximum absolute atomic E-state index is 14.4. The Morgan fingerprint density at radius 1 is 0.887 bits per heavy atom. The Morgan fingerprint density at radius 2 is 1.53 bits per heavy atom. The second-order valence-corrected chi connectivity index (χ2v) is 18.6. The number of carbonyl (C=O) groups is 1. The molecule has 3 fully saturated rings. The van der Waals surface area contributed by atoms with Crippen molar-refractivity contribution in [1.29, 1.82) is 0 Å². The van der Waals surface area contributed by atoms with Gasteiger partial charge in [-0.2, -0.15) is 0 Å². The second kappa shape index (κ2) is 21.5. The van der Waals surface area contributed by atoms with E-state index >= 15 is 0 Å². The lowest BCUT2D eigenvalue weighted by Gasteiger charge is -2.49. The number of nitrogens with zero attached hydrogens (tertiary/aromatic N) is 2. The zero-order valence-electron chi connectivity index (χ0n) is 39.2. The summed E-state index contributed by atoms with van der Waals surface area (Å²) in [7, 11) is 6.73. The van der Waals surface area contributed by atoms with E-state index in [2.05, 4.69) is 5.16 Å². The van der Waals surface area contributed by atoms with E-state index in [9.17, 15) is 30.3 Å². The number of aliphatic hydroxyl groups excluding tert-OH is 3. The lowest BCUT2D eigenvalue weighted by molar-refractivity contribution is -0.317. The smallest absolute Gasteiger partial charge is 0.311 e. The summed E-state index contributed by atoms with van der Waals surface area (Å²) in [6.45, 7) is 16.6. The van der Waals surface area contributed by atoms with E-state index in [-0.39, 0.29) is 43.9 Å². The highest BCUT2D eigenvalue weighted by Gasteiger charge is 2.53. The highest BCUT2D eigenvalue weighted by atomic mass is 16.7. The average Bonchev–Trinajstić information content (AvgIpc) is 3.22. The Morgan fingerprint density at radius 3 is 2.13 bits per heavy atom. The predicted molar refractivity (Wildman–Crippen MR) is 228 cm³/mol. The molecule has 3 aliphatic rings. The zero-order valence-corrected chi connectivity index (χ0v) is 39.2. The number of carbonyl (C=O) groups excluding carboxylic acids is 1. The van der Waals surface area contributed by atoms with Crippen LogP contribution in [0, 0.1) is 23.7 Å². The lowest BCUT2D eigenvalue weighted by atomic mass is 9.73. The summed E-state index contributed by atoms with van der Waals surface area (Å²) < 4.78 is 49.0. The van der Waals surface area contributed by atoms with E-state index in [0.29, 0.717) is 17.9 Å². The molecule has 1 aromatic carbocycles. The number of para-hydroxylation sites is 2. The summed E-state index contributed by atoms with van der Waals surface area (Å²) in [5.74, 6) is -3.37. The second-order valence-electron chi connectivity index (χ2n) is 18.6. The molecule has 3 aliphatic heterocycles. The fourth-order valence-electron chi connectivity index (χ4n) is 9.52. The maximum Gasteiger partial charge on any atom is 0.311 e. The molecule has 18 atom stereocenters. The molecule has 3 saturated heterocycles. The molecular formula is C45H76N2O15. The quantitative estimate of drug-likeness (QED) is 0.0877. The molecule has 5 N–H and O–H groups in total. The molecule has 3 heterocycles. The van der Waals surface area contributed by atoms with Crippen LogP contribution >= 0.6 is 0 Å². The Kier molecular flexibility index (Phi) is 18.0. The van der Waals surface area contributed by atoms with E-state index in [0.717, 1.165) is 0 Å². The zero-order chi connectivity index (χ0) is 46.5. The summed E-state index contributed by atoms with van der Waals surface area (Å²) in [5, 5.41) is 64.1. The number of aliphatic hydroxyl groups is 5. The van der Waals surface area contributed by atoms with Gasteiger partial charge in [-0.15, -0.1) is 0 Å². The van der Waals surface area contributed by atoms with Crippen molar-refractivity contribution in [3.63, 3.8) is 0 Å². The molecule has 0 saturated carbocycles. The van der Waals surface area contributed by atoms with Crippen LogP contribution < -0.4 is 9.47 Å². The first kappa shape index (κ1) is 51.9. The minimum Gasteiger partial charge on any atom is -0.493 e. The number of likely N-dealkylation sites (N-methyl/N-ethyl adjacent to an activating group) is 1. The Labute approximate surface area is 367 Å². The highest BCUT2D eigenvalue weighted by molar-refractivity contribution is 5.88. The Bertz CT molecular complexity index is 1610. The fraction of sp³-hybridized carbons (Fsp3) is 0.822. The topological polar surface area (TPSA) is 217 Å². The van der Waals surface area contributed by atoms with Gasteiger partial charge in [0.1, 0.15) is 23.9 Å². The van der Waals surface area contributed by atoms with Gasteiger partial charge in [-0.1, -0.05) is 45.0 Å². The molecule has 17 heteroatoms. The van der Waals surface area contributed by atoms with Crippen molar-refractivity contribution < 1.29 is 73.1 Å². The summed E-state index contributed by atoms with van der Waals surface area (Å²) >= 11 is 0. The van der Waals surface area contributed by atoms with Gasteiger partial charge in [-0.05, 0) is 87.0 Å². The maximum atomic E-state index is 14.4.